The third-order valence-electron chi connectivity index (χ3n) is 4.13. The quantitative estimate of drug-likeness (QED) is 0.708. The number of amides is 1. The SMILES string of the molecule is CN(Cc1ccc(F)cc1)C(=O)c1cccn(Cc2ccccc2)c1=O. The van der Waals surface area contributed by atoms with Crippen molar-refractivity contribution < 1.29 is 9.18 Å². The van der Waals surface area contributed by atoms with Gasteiger partial charge in [-0.05, 0) is 35.4 Å². The van der Waals surface area contributed by atoms with Crippen molar-refractivity contribution in [3.05, 3.63) is 106 Å². The van der Waals surface area contributed by atoms with E-state index in [2.05, 4.69) is 0 Å². The summed E-state index contributed by atoms with van der Waals surface area (Å²) in [4.78, 5) is 26.8. The highest BCUT2D eigenvalue weighted by Gasteiger charge is 2.17. The molecule has 4 nitrogen and oxygen atoms in total. The molecule has 1 heterocycles. The van der Waals surface area contributed by atoms with Gasteiger partial charge in [0.25, 0.3) is 11.5 Å². The molecule has 2 aromatic carbocycles. The predicted octanol–water partition coefficient (Wildman–Crippen LogP) is 3.31. The Morgan fingerprint density at radius 3 is 2.35 bits per heavy atom. The van der Waals surface area contributed by atoms with Crippen molar-refractivity contribution in [2.24, 2.45) is 0 Å². The third-order valence-corrected chi connectivity index (χ3v) is 4.13. The Balaban J connectivity index is 1.79. The molecule has 0 saturated carbocycles. The fraction of sp³-hybridized carbons (Fsp3) is 0.143. The second-order valence-electron chi connectivity index (χ2n) is 6.13. The number of nitrogens with zero attached hydrogens (tertiary/aromatic N) is 2. The molecule has 3 rings (SSSR count). The van der Waals surface area contributed by atoms with E-state index in [1.54, 1.807) is 31.4 Å². The average Bonchev–Trinajstić information content (AvgIpc) is 2.65. The Labute approximate surface area is 151 Å². The summed E-state index contributed by atoms with van der Waals surface area (Å²) in [5, 5.41) is 0. The number of hydrogen-bond donors (Lipinski definition) is 0. The van der Waals surface area contributed by atoms with Gasteiger partial charge in [-0.15, -0.1) is 0 Å². The summed E-state index contributed by atoms with van der Waals surface area (Å²) in [6.45, 7) is 0.703. The predicted molar refractivity (Wildman–Crippen MR) is 98.4 cm³/mol. The van der Waals surface area contributed by atoms with Crippen LogP contribution in [0, 0.1) is 5.82 Å². The van der Waals surface area contributed by atoms with Crippen molar-refractivity contribution in [1.29, 1.82) is 0 Å². The molecule has 0 aliphatic heterocycles. The second kappa shape index (κ2) is 7.78. The molecule has 0 radical (unpaired) electrons. The van der Waals surface area contributed by atoms with Gasteiger partial charge < -0.3 is 9.47 Å². The van der Waals surface area contributed by atoms with Gasteiger partial charge in [0.2, 0.25) is 0 Å². The molecular weight excluding hydrogens is 331 g/mol. The van der Waals surface area contributed by atoms with Gasteiger partial charge in [0.05, 0.1) is 6.54 Å². The molecule has 0 atom stereocenters. The lowest BCUT2D eigenvalue weighted by atomic mass is 10.2. The first-order chi connectivity index (χ1) is 12.5. The van der Waals surface area contributed by atoms with E-state index in [-0.39, 0.29) is 22.8 Å². The summed E-state index contributed by atoms with van der Waals surface area (Å²) in [5.41, 5.74) is 1.57. The molecule has 0 unspecified atom stereocenters. The van der Waals surface area contributed by atoms with Crippen molar-refractivity contribution in [1.82, 2.24) is 9.47 Å². The Morgan fingerprint density at radius 2 is 1.65 bits per heavy atom. The second-order valence-corrected chi connectivity index (χ2v) is 6.13. The van der Waals surface area contributed by atoms with Crippen LogP contribution in [0.3, 0.4) is 0 Å². The lowest BCUT2D eigenvalue weighted by Crippen LogP contribution is -2.34. The van der Waals surface area contributed by atoms with Crippen molar-refractivity contribution in [2.75, 3.05) is 7.05 Å². The van der Waals surface area contributed by atoms with Crippen LogP contribution in [-0.2, 0) is 13.1 Å². The minimum absolute atomic E-state index is 0.119. The Kier molecular flexibility index (Phi) is 5.27. The molecule has 132 valence electrons. The Bertz CT molecular complexity index is 950. The van der Waals surface area contributed by atoms with Crippen molar-refractivity contribution in [2.45, 2.75) is 13.1 Å². The highest BCUT2D eigenvalue weighted by atomic mass is 19.1. The number of carbonyl (C=O) groups is 1. The normalized spacial score (nSPS) is 10.5. The van der Waals surface area contributed by atoms with Crippen LogP contribution in [0.4, 0.5) is 4.39 Å². The molecule has 0 aliphatic carbocycles. The summed E-state index contributed by atoms with van der Waals surface area (Å²) < 4.78 is 14.5. The number of hydrogen-bond acceptors (Lipinski definition) is 2. The van der Waals surface area contributed by atoms with E-state index in [1.807, 2.05) is 30.3 Å². The van der Waals surface area contributed by atoms with Crippen LogP contribution in [0.2, 0.25) is 0 Å². The van der Waals surface area contributed by atoms with E-state index in [0.29, 0.717) is 13.1 Å². The molecule has 0 fully saturated rings. The van der Waals surface area contributed by atoms with Gasteiger partial charge in [-0.1, -0.05) is 42.5 Å². The van der Waals surface area contributed by atoms with Crippen LogP contribution in [0.1, 0.15) is 21.5 Å². The lowest BCUT2D eigenvalue weighted by Gasteiger charge is -2.17. The zero-order valence-corrected chi connectivity index (χ0v) is 14.4. The van der Waals surface area contributed by atoms with Gasteiger partial charge in [0, 0.05) is 19.8 Å². The summed E-state index contributed by atoms with van der Waals surface area (Å²) in [6, 6.07) is 18.8. The molecule has 1 aromatic heterocycles. The molecule has 0 aliphatic rings. The highest BCUT2D eigenvalue weighted by Crippen LogP contribution is 2.08. The molecule has 26 heavy (non-hydrogen) atoms. The molecule has 0 N–H and O–H groups in total. The maximum absolute atomic E-state index is 13.0. The monoisotopic (exact) mass is 350 g/mol. The largest absolute Gasteiger partial charge is 0.337 e. The van der Waals surface area contributed by atoms with Crippen molar-refractivity contribution in [3.63, 3.8) is 0 Å². The zero-order chi connectivity index (χ0) is 18.5. The van der Waals surface area contributed by atoms with Gasteiger partial charge in [0.15, 0.2) is 0 Å². The number of rotatable bonds is 5. The van der Waals surface area contributed by atoms with Crippen LogP contribution in [0.25, 0.3) is 0 Å². The van der Waals surface area contributed by atoms with Crippen LogP contribution < -0.4 is 5.56 Å². The first-order valence-electron chi connectivity index (χ1n) is 8.28. The number of pyridine rings is 1. The van der Waals surface area contributed by atoms with Crippen LogP contribution in [0.5, 0.6) is 0 Å². The van der Waals surface area contributed by atoms with Gasteiger partial charge in [-0.25, -0.2) is 4.39 Å². The highest BCUT2D eigenvalue weighted by molar-refractivity contribution is 5.93. The summed E-state index contributed by atoms with van der Waals surface area (Å²) >= 11 is 0. The van der Waals surface area contributed by atoms with Crippen LogP contribution in [0.15, 0.2) is 77.7 Å². The minimum Gasteiger partial charge on any atom is -0.337 e. The zero-order valence-electron chi connectivity index (χ0n) is 14.4. The molecule has 0 bridgehead atoms. The van der Waals surface area contributed by atoms with Crippen LogP contribution >= 0.6 is 0 Å². The standard InChI is InChI=1S/C21H19FN2O2/c1-23(14-17-9-11-18(22)12-10-17)20(25)19-8-5-13-24(21(19)26)15-16-6-3-2-4-7-16/h2-13H,14-15H2,1H3. The van der Waals surface area contributed by atoms with Crippen LogP contribution in [-0.4, -0.2) is 22.4 Å². The maximum atomic E-state index is 13.0. The number of carbonyl (C=O) groups excluding carboxylic acids is 1. The Hall–Kier alpha value is -3.21. The molecule has 1 amide bonds. The van der Waals surface area contributed by atoms with E-state index in [9.17, 15) is 14.0 Å². The van der Waals surface area contributed by atoms with Gasteiger partial charge in [-0.2, -0.15) is 0 Å². The maximum Gasteiger partial charge on any atom is 0.263 e. The molecule has 0 saturated heterocycles. The first-order valence-corrected chi connectivity index (χ1v) is 8.28. The topological polar surface area (TPSA) is 42.3 Å². The molecule has 0 spiro atoms. The molecule has 5 heteroatoms. The fourth-order valence-electron chi connectivity index (χ4n) is 2.75. The van der Waals surface area contributed by atoms with E-state index < -0.39 is 0 Å². The van der Waals surface area contributed by atoms with Gasteiger partial charge in [-0.3, -0.25) is 9.59 Å². The van der Waals surface area contributed by atoms with Crippen molar-refractivity contribution >= 4 is 5.91 Å². The smallest absolute Gasteiger partial charge is 0.263 e. The number of aromatic nitrogens is 1. The van der Waals surface area contributed by atoms with Crippen molar-refractivity contribution in [3.8, 4) is 0 Å². The van der Waals surface area contributed by atoms with E-state index in [1.165, 1.54) is 27.7 Å². The van der Waals surface area contributed by atoms with Gasteiger partial charge >= 0.3 is 0 Å². The first kappa shape index (κ1) is 17.6. The van der Waals surface area contributed by atoms with E-state index in [0.717, 1.165) is 11.1 Å². The minimum atomic E-state index is -0.360. The molecule has 3 aromatic rings. The number of halogens is 1. The Morgan fingerprint density at radius 1 is 0.962 bits per heavy atom. The van der Waals surface area contributed by atoms with Gasteiger partial charge in [0.1, 0.15) is 11.4 Å². The summed E-state index contributed by atoms with van der Waals surface area (Å²) in [5.74, 6) is -0.684. The van der Waals surface area contributed by atoms with E-state index >= 15 is 0 Å². The number of benzene rings is 2. The third kappa shape index (κ3) is 4.06. The summed E-state index contributed by atoms with van der Waals surface area (Å²) in [6.07, 6.45) is 1.67. The summed E-state index contributed by atoms with van der Waals surface area (Å²) in [7, 11) is 1.62. The lowest BCUT2D eigenvalue weighted by molar-refractivity contribution is 0.0782. The molecular formula is C21H19FN2O2. The van der Waals surface area contributed by atoms with E-state index in [4.69, 9.17) is 0 Å². The fourth-order valence-corrected chi connectivity index (χ4v) is 2.75. The average molecular weight is 350 g/mol.